The van der Waals surface area contributed by atoms with Crippen molar-refractivity contribution in [2.45, 2.75) is 39.0 Å². The summed E-state index contributed by atoms with van der Waals surface area (Å²) in [5.41, 5.74) is 7.18. The third-order valence-corrected chi connectivity index (χ3v) is 7.40. The van der Waals surface area contributed by atoms with E-state index in [1.807, 2.05) is 43.3 Å². The van der Waals surface area contributed by atoms with E-state index in [-0.39, 0.29) is 18.3 Å². The molecule has 3 aromatic carbocycles. The quantitative estimate of drug-likeness (QED) is 0.344. The van der Waals surface area contributed by atoms with Gasteiger partial charge in [0.15, 0.2) is 0 Å². The number of aryl methyl sites for hydroxylation is 2. The van der Waals surface area contributed by atoms with E-state index >= 15 is 8.78 Å². The second-order valence-electron chi connectivity index (χ2n) is 10.0. The maximum absolute atomic E-state index is 15.4. The molecule has 5 rings (SSSR count). The molecule has 2 aliphatic rings. The Hall–Kier alpha value is -2.85. The standard InChI is InChI=1S/C31H32F3N/c1-21-10-13-27(30(34)16-21)28-9-4-7-23-6-2-3-8-26(23)31(28)25-12-11-24(29(33)18-25)17-22-19-35(20-22)15-5-14-32/h2-3,6,8,10-13,16,18,22H,4-5,7,9,14-15,17,19-20H2,1H3. The Morgan fingerprint density at radius 1 is 0.886 bits per heavy atom. The first-order chi connectivity index (χ1) is 17.0. The zero-order chi connectivity index (χ0) is 24.4. The molecular weight excluding hydrogens is 443 g/mol. The maximum Gasteiger partial charge on any atom is 0.130 e. The van der Waals surface area contributed by atoms with E-state index in [0.29, 0.717) is 24.3 Å². The highest BCUT2D eigenvalue weighted by atomic mass is 19.1. The van der Waals surface area contributed by atoms with Crippen molar-refractivity contribution in [2.24, 2.45) is 5.92 Å². The van der Waals surface area contributed by atoms with Gasteiger partial charge in [0.05, 0.1) is 6.67 Å². The number of likely N-dealkylation sites (tertiary alicyclic amines) is 1. The van der Waals surface area contributed by atoms with Crippen molar-refractivity contribution >= 4 is 11.1 Å². The van der Waals surface area contributed by atoms with Gasteiger partial charge in [-0.15, -0.1) is 0 Å². The number of fused-ring (bicyclic) bond motifs is 1. The molecule has 0 aromatic heterocycles. The van der Waals surface area contributed by atoms with E-state index in [0.717, 1.165) is 72.3 Å². The molecule has 0 atom stereocenters. The molecular formula is C31H32F3N. The van der Waals surface area contributed by atoms with Crippen LogP contribution in [-0.2, 0) is 12.8 Å². The molecule has 0 radical (unpaired) electrons. The summed E-state index contributed by atoms with van der Waals surface area (Å²) in [5.74, 6) is -0.0241. The number of nitrogens with zero attached hydrogens (tertiary/aromatic N) is 1. The third-order valence-electron chi connectivity index (χ3n) is 7.40. The number of hydrogen-bond donors (Lipinski definition) is 0. The van der Waals surface area contributed by atoms with Gasteiger partial charge in [0.2, 0.25) is 0 Å². The average Bonchev–Trinajstić information content (AvgIpc) is 3.01. The van der Waals surface area contributed by atoms with Crippen LogP contribution in [0.5, 0.6) is 0 Å². The lowest BCUT2D eigenvalue weighted by Gasteiger charge is -2.39. The van der Waals surface area contributed by atoms with Crippen molar-refractivity contribution in [3.63, 3.8) is 0 Å². The molecule has 1 heterocycles. The van der Waals surface area contributed by atoms with Crippen molar-refractivity contribution in [3.8, 4) is 0 Å². The normalized spacial score (nSPS) is 16.7. The molecule has 0 unspecified atom stereocenters. The molecule has 182 valence electrons. The third kappa shape index (κ3) is 5.08. The minimum Gasteiger partial charge on any atom is -0.303 e. The minimum absolute atomic E-state index is 0.206. The summed E-state index contributed by atoms with van der Waals surface area (Å²) in [6.07, 6.45) is 3.83. The molecule has 1 aliphatic carbocycles. The van der Waals surface area contributed by atoms with Crippen LogP contribution in [0.2, 0.25) is 0 Å². The van der Waals surface area contributed by atoms with Crippen LogP contribution in [0.4, 0.5) is 13.2 Å². The lowest BCUT2D eigenvalue weighted by Crippen LogP contribution is -2.48. The smallest absolute Gasteiger partial charge is 0.130 e. The largest absolute Gasteiger partial charge is 0.303 e. The molecule has 1 aliphatic heterocycles. The van der Waals surface area contributed by atoms with Gasteiger partial charge < -0.3 is 4.90 Å². The van der Waals surface area contributed by atoms with Crippen molar-refractivity contribution < 1.29 is 13.2 Å². The van der Waals surface area contributed by atoms with Gasteiger partial charge in [-0.1, -0.05) is 48.5 Å². The van der Waals surface area contributed by atoms with Crippen LogP contribution >= 0.6 is 0 Å². The molecule has 0 N–H and O–H groups in total. The van der Waals surface area contributed by atoms with Gasteiger partial charge in [-0.3, -0.25) is 4.39 Å². The number of halogens is 3. The van der Waals surface area contributed by atoms with Gasteiger partial charge in [0.25, 0.3) is 0 Å². The van der Waals surface area contributed by atoms with Gasteiger partial charge in [-0.2, -0.15) is 0 Å². The predicted octanol–water partition coefficient (Wildman–Crippen LogP) is 7.40. The Labute approximate surface area is 206 Å². The summed E-state index contributed by atoms with van der Waals surface area (Å²) in [4.78, 5) is 2.23. The van der Waals surface area contributed by atoms with E-state index in [4.69, 9.17) is 0 Å². The van der Waals surface area contributed by atoms with Gasteiger partial charge in [0, 0.05) is 25.2 Å². The molecule has 0 spiro atoms. The summed E-state index contributed by atoms with van der Waals surface area (Å²) in [6.45, 7) is 4.18. The zero-order valence-electron chi connectivity index (χ0n) is 20.3. The second kappa shape index (κ2) is 10.4. The Kier molecular flexibility index (Phi) is 7.10. The summed E-state index contributed by atoms with van der Waals surface area (Å²) in [5, 5.41) is 0. The number of benzene rings is 3. The van der Waals surface area contributed by atoms with Crippen LogP contribution in [0.25, 0.3) is 11.1 Å². The molecule has 0 amide bonds. The molecule has 1 fully saturated rings. The lowest BCUT2D eigenvalue weighted by molar-refractivity contribution is 0.0962. The Bertz CT molecular complexity index is 1240. The van der Waals surface area contributed by atoms with Crippen LogP contribution in [-0.4, -0.2) is 31.2 Å². The average molecular weight is 476 g/mol. The fourth-order valence-electron chi connectivity index (χ4n) is 5.64. The Morgan fingerprint density at radius 2 is 1.71 bits per heavy atom. The first-order valence-corrected chi connectivity index (χ1v) is 12.7. The number of rotatable bonds is 7. The SMILES string of the molecule is Cc1ccc(C2=C(c3ccc(CC4CN(CCCF)C4)c(F)c3)c3ccccc3CCC2)c(F)c1. The fraction of sp³-hybridized carbons (Fsp3) is 0.355. The highest BCUT2D eigenvalue weighted by molar-refractivity contribution is 6.00. The van der Waals surface area contributed by atoms with Crippen molar-refractivity contribution in [2.75, 3.05) is 26.3 Å². The Balaban J connectivity index is 1.51. The van der Waals surface area contributed by atoms with Crippen LogP contribution in [0, 0.1) is 24.5 Å². The highest BCUT2D eigenvalue weighted by Gasteiger charge is 2.27. The van der Waals surface area contributed by atoms with Gasteiger partial charge in [-0.05, 0) is 96.0 Å². The highest BCUT2D eigenvalue weighted by Crippen LogP contribution is 2.41. The van der Waals surface area contributed by atoms with E-state index in [1.54, 1.807) is 12.1 Å². The maximum atomic E-state index is 15.4. The van der Waals surface area contributed by atoms with Crippen LogP contribution in [0.1, 0.15) is 52.6 Å². The van der Waals surface area contributed by atoms with Crippen LogP contribution in [0.3, 0.4) is 0 Å². The first-order valence-electron chi connectivity index (χ1n) is 12.7. The predicted molar refractivity (Wildman–Crippen MR) is 137 cm³/mol. The lowest BCUT2D eigenvalue weighted by atomic mass is 9.86. The Morgan fingerprint density at radius 3 is 2.49 bits per heavy atom. The van der Waals surface area contributed by atoms with E-state index in [2.05, 4.69) is 17.0 Å². The van der Waals surface area contributed by atoms with Crippen molar-refractivity contribution in [1.82, 2.24) is 4.90 Å². The second-order valence-corrected chi connectivity index (χ2v) is 10.0. The van der Waals surface area contributed by atoms with E-state index < -0.39 is 0 Å². The van der Waals surface area contributed by atoms with Crippen LogP contribution < -0.4 is 0 Å². The molecule has 4 heteroatoms. The van der Waals surface area contributed by atoms with Gasteiger partial charge in [-0.25, -0.2) is 8.78 Å². The molecule has 3 aromatic rings. The molecule has 0 bridgehead atoms. The van der Waals surface area contributed by atoms with Crippen molar-refractivity contribution in [1.29, 1.82) is 0 Å². The number of allylic oxidation sites excluding steroid dienone is 1. The zero-order valence-corrected chi connectivity index (χ0v) is 20.3. The molecule has 1 saturated heterocycles. The summed E-state index contributed by atoms with van der Waals surface area (Å²) in [7, 11) is 0. The van der Waals surface area contributed by atoms with Crippen molar-refractivity contribution in [3.05, 3.63) is 106 Å². The number of hydrogen-bond acceptors (Lipinski definition) is 1. The number of alkyl halides is 1. The first kappa shape index (κ1) is 23.9. The molecule has 35 heavy (non-hydrogen) atoms. The summed E-state index contributed by atoms with van der Waals surface area (Å²) >= 11 is 0. The molecule has 1 nitrogen and oxygen atoms in total. The monoisotopic (exact) mass is 475 g/mol. The van der Waals surface area contributed by atoms with Gasteiger partial charge in [0.1, 0.15) is 11.6 Å². The summed E-state index contributed by atoms with van der Waals surface area (Å²) in [6, 6.07) is 19.2. The summed E-state index contributed by atoms with van der Waals surface area (Å²) < 4.78 is 42.9. The van der Waals surface area contributed by atoms with E-state index in [9.17, 15) is 4.39 Å². The topological polar surface area (TPSA) is 3.24 Å². The van der Waals surface area contributed by atoms with Gasteiger partial charge >= 0.3 is 0 Å². The minimum atomic E-state index is -0.287. The molecule has 0 saturated carbocycles. The fourth-order valence-corrected chi connectivity index (χ4v) is 5.64. The van der Waals surface area contributed by atoms with E-state index in [1.165, 1.54) is 5.56 Å². The van der Waals surface area contributed by atoms with Crippen LogP contribution in [0.15, 0.2) is 60.7 Å².